The molecule has 1 amide bonds. The first-order chi connectivity index (χ1) is 17.4. The SMILES string of the molecule is COc1cccc(NC(=S)NCNC(=O)c2cn(-c3ccccc3Oc3ccc(Cl)cc3Cl)nn2)c1. The Morgan fingerprint density at radius 3 is 2.67 bits per heavy atom. The summed E-state index contributed by atoms with van der Waals surface area (Å²) in [7, 11) is 1.59. The van der Waals surface area contributed by atoms with Crippen molar-refractivity contribution in [3.63, 3.8) is 0 Å². The van der Waals surface area contributed by atoms with Crippen molar-refractivity contribution in [2.24, 2.45) is 0 Å². The highest BCUT2D eigenvalue weighted by molar-refractivity contribution is 7.80. The van der Waals surface area contributed by atoms with Gasteiger partial charge in [0.25, 0.3) is 5.91 Å². The Labute approximate surface area is 222 Å². The van der Waals surface area contributed by atoms with Crippen molar-refractivity contribution < 1.29 is 14.3 Å². The number of ether oxygens (including phenoxy) is 2. The number of benzene rings is 3. The number of nitrogens with zero attached hydrogens (tertiary/aromatic N) is 3. The number of hydrogen-bond acceptors (Lipinski definition) is 6. The van der Waals surface area contributed by atoms with E-state index in [0.29, 0.717) is 38.1 Å². The van der Waals surface area contributed by atoms with E-state index in [4.69, 9.17) is 44.9 Å². The third-order valence-electron chi connectivity index (χ3n) is 4.78. The van der Waals surface area contributed by atoms with Crippen molar-refractivity contribution in [2.75, 3.05) is 19.1 Å². The summed E-state index contributed by atoms with van der Waals surface area (Å²) in [6, 6.07) is 19.4. The average molecular weight is 543 g/mol. The van der Waals surface area contributed by atoms with Crippen LogP contribution in [0.2, 0.25) is 10.0 Å². The molecule has 184 valence electrons. The number of amides is 1. The van der Waals surface area contributed by atoms with Gasteiger partial charge in [0.2, 0.25) is 0 Å². The molecule has 0 aliphatic carbocycles. The second-order valence-corrected chi connectivity index (χ2v) is 8.49. The summed E-state index contributed by atoms with van der Waals surface area (Å²) >= 11 is 17.5. The van der Waals surface area contributed by atoms with Crippen LogP contribution in [0.4, 0.5) is 5.69 Å². The first kappa shape index (κ1) is 25.2. The number of thiocarbonyl (C=S) groups is 1. The van der Waals surface area contributed by atoms with E-state index >= 15 is 0 Å². The Morgan fingerprint density at radius 1 is 1.03 bits per heavy atom. The van der Waals surface area contributed by atoms with Crippen LogP contribution in [0.5, 0.6) is 17.2 Å². The van der Waals surface area contributed by atoms with Crippen LogP contribution in [0.1, 0.15) is 10.5 Å². The number of anilines is 1. The van der Waals surface area contributed by atoms with Crippen LogP contribution >= 0.6 is 35.4 Å². The summed E-state index contributed by atoms with van der Waals surface area (Å²) in [5, 5.41) is 17.8. The smallest absolute Gasteiger partial charge is 0.274 e. The molecule has 0 saturated heterocycles. The quantitative estimate of drug-likeness (QED) is 0.210. The summed E-state index contributed by atoms with van der Waals surface area (Å²) in [6.07, 6.45) is 1.49. The van der Waals surface area contributed by atoms with Gasteiger partial charge in [0.15, 0.2) is 16.6 Å². The number of carbonyl (C=O) groups excluding carboxylic acids is 1. The Morgan fingerprint density at radius 2 is 1.86 bits per heavy atom. The van der Waals surface area contributed by atoms with E-state index in [2.05, 4.69) is 26.3 Å². The van der Waals surface area contributed by atoms with Gasteiger partial charge >= 0.3 is 0 Å². The van der Waals surface area contributed by atoms with Crippen LogP contribution in [-0.2, 0) is 0 Å². The van der Waals surface area contributed by atoms with Crippen molar-refractivity contribution in [1.29, 1.82) is 0 Å². The van der Waals surface area contributed by atoms with Gasteiger partial charge in [-0.1, -0.05) is 46.6 Å². The number of carbonyl (C=O) groups is 1. The largest absolute Gasteiger partial charge is 0.497 e. The molecule has 0 bridgehead atoms. The van der Waals surface area contributed by atoms with Gasteiger partial charge in [0.1, 0.15) is 17.2 Å². The predicted molar refractivity (Wildman–Crippen MR) is 143 cm³/mol. The van der Waals surface area contributed by atoms with Crippen molar-refractivity contribution in [3.8, 4) is 22.9 Å². The lowest BCUT2D eigenvalue weighted by atomic mass is 10.3. The lowest BCUT2D eigenvalue weighted by molar-refractivity contribution is 0.0948. The molecular weight excluding hydrogens is 523 g/mol. The van der Waals surface area contributed by atoms with E-state index in [1.165, 1.54) is 10.9 Å². The topological polar surface area (TPSA) is 102 Å². The second kappa shape index (κ2) is 11.7. The van der Waals surface area contributed by atoms with Crippen LogP contribution in [0.3, 0.4) is 0 Å². The number of methoxy groups -OCH3 is 1. The molecular formula is C24H20Cl2N6O3S. The lowest BCUT2D eigenvalue weighted by Crippen LogP contribution is -2.39. The zero-order valence-electron chi connectivity index (χ0n) is 18.9. The van der Waals surface area contributed by atoms with Crippen LogP contribution in [0, 0.1) is 0 Å². The summed E-state index contributed by atoms with van der Waals surface area (Å²) in [5.41, 5.74) is 1.43. The van der Waals surface area contributed by atoms with Crippen molar-refractivity contribution in [2.45, 2.75) is 0 Å². The van der Waals surface area contributed by atoms with Gasteiger partial charge in [-0.05, 0) is 54.7 Å². The highest BCUT2D eigenvalue weighted by Gasteiger charge is 2.15. The van der Waals surface area contributed by atoms with Gasteiger partial charge in [-0.2, -0.15) is 0 Å². The standard InChI is InChI=1S/C24H20Cl2N6O3S/c1-34-17-6-4-5-16(12-17)29-24(36)28-14-27-23(33)19-13-32(31-30-19)20-7-2-3-8-22(20)35-21-10-9-15(25)11-18(21)26/h2-13H,14H2,1H3,(H,27,33)(H2,28,29,36). The van der Waals surface area contributed by atoms with Crippen LogP contribution < -0.4 is 25.4 Å². The molecule has 0 unspecified atom stereocenters. The van der Waals surface area contributed by atoms with E-state index in [0.717, 1.165) is 5.69 Å². The summed E-state index contributed by atoms with van der Waals surface area (Å²) in [5.74, 6) is 1.16. The summed E-state index contributed by atoms with van der Waals surface area (Å²) in [6.45, 7) is 0.0796. The fraction of sp³-hybridized carbons (Fsp3) is 0.0833. The number of halogens is 2. The normalized spacial score (nSPS) is 10.4. The molecule has 3 N–H and O–H groups in total. The third kappa shape index (κ3) is 6.42. The minimum atomic E-state index is -0.433. The molecule has 0 fully saturated rings. The molecule has 4 aromatic rings. The second-order valence-electron chi connectivity index (χ2n) is 7.24. The zero-order valence-corrected chi connectivity index (χ0v) is 21.2. The molecule has 0 atom stereocenters. The van der Waals surface area contributed by atoms with Gasteiger partial charge in [0, 0.05) is 16.8 Å². The molecule has 0 aliphatic rings. The Kier molecular flexibility index (Phi) is 8.21. The van der Waals surface area contributed by atoms with E-state index in [1.54, 1.807) is 49.6 Å². The van der Waals surface area contributed by atoms with Gasteiger partial charge in [-0.3, -0.25) is 4.79 Å². The molecule has 0 spiro atoms. The van der Waals surface area contributed by atoms with Crippen molar-refractivity contribution in [3.05, 3.63) is 88.7 Å². The minimum absolute atomic E-state index is 0.0796. The number of hydrogen-bond donors (Lipinski definition) is 3. The summed E-state index contributed by atoms with van der Waals surface area (Å²) in [4.78, 5) is 12.6. The average Bonchev–Trinajstić information content (AvgIpc) is 3.36. The fourth-order valence-corrected chi connectivity index (χ4v) is 3.70. The molecule has 0 saturated carbocycles. The van der Waals surface area contributed by atoms with Crippen molar-refractivity contribution >= 4 is 52.1 Å². The van der Waals surface area contributed by atoms with Crippen LogP contribution in [-0.4, -0.2) is 39.8 Å². The maximum absolute atomic E-state index is 12.6. The molecule has 1 heterocycles. The molecule has 36 heavy (non-hydrogen) atoms. The molecule has 9 nitrogen and oxygen atoms in total. The van der Waals surface area contributed by atoms with Gasteiger partial charge in [-0.15, -0.1) is 5.10 Å². The number of rotatable bonds is 8. The summed E-state index contributed by atoms with van der Waals surface area (Å²) < 4.78 is 12.6. The molecule has 0 aliphatic heterocycles. The predicted octanol–water partition coefficient (Wildman–Crippen LogP) is 5.05. The first-order valence-electron chi connectivity index (χ1n) is 10.5. The fourth-order valence-electron chi connectivity index (χ4n) is 3.07. The van der Waals surface area contributed by atoms with Crippen molar-refractivity contribution in [1.82, 2.24) is 25.6 Å². The van der Waals surface area contributed by atoms with E-state index < -0.39 is 5.91 Å². The molecule has 3 aromatic carbocycles. The maximum Gasteiger partial charge on any atom is 0.274 e. The highest BCUT2D eigenvalue weighted by Crippen LogP contribution is 2.34. The van der Waals surface area contributed by atoms with E-state index in [9.17, 15) is 4.79 Å². The zero-order chi connectivity index (χ0) is 25.5. The first-order valence-corrected chi connectivity index (χ1v) is 11.7. The van der Waals surface area contributed by atoms with Crippen LogP contribution in [0.25, 0.3) is 5.69 Å². The van der Waals surface area contributed by atoms with E-state index in [-0.39, 0.29) is 12.4 Å². The number of nitrogens with one attached hydrogen (secondary N) is 3. The number of para-hydroxylation sites is 2. The molecule has 4 rings (SSSR count). The van der Waals surface area contributed by atoms with Gasteiger partial charge in [0.05, 0.1) is 25.0 Å². The Hall–Kier alpha value is -3.86. The molecule has 12 heteroatoms. The van der Waals surface area contributed by atoms with Gasteiger partial charge in [-0.25, -0.2) is 4.68 Å². The van der Waals surface area contributed by atoms with Crippen LogP contribution in [0.15, 0.2) is 72.9 Å². The monoisotopic (exact) mass is 542 g/mol. The van der Waals surface area contributed by atoms with Gasteiger partial charge < -0.3 is 25.4 Å². The molecule has 1 aromatic heterocycles. The molecule has 0 radical (unpaired) electrons. The lowest BCUT2D eigenvalue weighted by Gasteiger charge is -2.12. The maximum atomic E-state index is 12.6. The number of aromatic nitrogens is 3. The van der Waals surface area contributed by atoms with E-state index in [1.807, 2.05) is 24.3 Å². The Bertz CT molecular complexity index is 1400. The minimum Gasteiger partial charge on any atom is -0.497 e. The third-order valence-corrected chi connectivity index (χ3v) is 5.55. The Balaban J connectivity index is 1.36. The highest BCUT2D eigenvalue weighted by atomic mass is 35.5.